The molecule has 2 heterocycles. The first-order valence-corrected chi connectivity index (χ1v) is 10.0. The van der Waals surface area contributed by atoms with Crippen molar-refractivity contribution in [2.45, 2.75) is 91.9 Å². The zero-order chi connectivity index (χ0) is 19.3. The highest BCUT2D eigenvalue weighted by Crippen LogP contribution is 2.43. The van der Waals surface area contributed by atoms with Crippen molar-refractivity contribution in [3.63, 3.8) is 0 Å². The number of nitrogens with zero attached hydrogens (tertiary/aromatic N) is 3. The molecule has 144 valence electrons. The molecule has 26 heavy (non-hydrogen) atoms. The van der Waals surface area contributed by atoms with Crippen molar-refractivity contribution >= 4 is 5.52 Å². The predicted molar refractivity (Wildman–Crippen MR) is 106 cm³/mol. The molecule has 5 heteroatoms. The lowest BCUT2D eigenvalue weighted by Gasteiger charge is -2.36. The smallest absolute Gasteiger partial charge is 0.277 e. The first-order valence-electron chi connectivity index (χ1n) is 10.0. The van der Waals surface area contributed by atoms with Crippen molar-refractivity contribution in [3.8, 4) is 0 Å². The quantitative estimate of drug-likeness (QED) is 0.853. The largest absolute Gasteiger partial charge is 0.307 e. The summed E-state index contributed by atoms with van der Waals surface area (Å²) in [7, 11) is 0. The molecule has 5 nitrogen and oxygen atoms in total. The molecule has 0 atom stereocenters. The number of aromatic amines is 1. The van der Waals surface area contributed by atoms with Crippen LogP contribution in [0.3, 0.4) is 0 Å². The van der Waals surface area contributed by atoms with Crippen LogP contribution in [0.4, 0.5) is 0 Å². The van der Waals surface area contributed by atoms with E-state index in [0.29, 0.717) is 16.8 Å². The van der Waals surface area contributed by atoms with Gasteiger partial charge < -0.3 is 4.98 Å². The number of aryl methyl sites for hydroxylation is 1. The SMILES string of the molecule is CCc1nc(C2CCC(C(C)(C)C)CC2)n2nc(C(C)(C)C)[nH]c(=O)c12. The second kappa shape index (κ2) is 6.50. The van der Waals surface area contributed by atoms with Crippen LogP contribution < -0.4 is 5.56 Å². The van der Waals surface area contributed by atoms with Crippen molar-refractivity contribution in [1.82, 2.24) is 19.6 Å². The molecular weight excluding hydrogens is 324 g/mol. The average molecular weight is 359 g/mol. The molecule has 1 aliphatic carbocycles. The molecule has 0 radical (unpaired) electrons. The summed E-state index contributed by atoms with van der Waals surface area (Å²) < 4.78 is 1.86. The van der Waals surface area contributed by atoms with Gasteiger partial charge in [0.2, 0.25) is 0 Å². The Hall–Kier alpha value is -1.65. The van der Waals surface area contributed by atoms with E-state index >= 15 is 0 Å². The molecule has 0 unspecified atom stereocenters. The van der Waals surface area contributed by atoms with Crippen molar-refractivity contribution in [3.05, 3.63) is 27.7 Å². The Labute approximate surface area is 156 Å². The summed E-state index contributed by atoms with van der Waals surface area (Å²) in [4.78, 5) is 20.6. The fraction of sp³-hybridized carbons (Fsp3) is 0.762. The van der Waals surface area contributed by atoms with E-state index in [0.717, 1.165) is 42.5 Å². The minimum atomic E-state index is -0.203. The maximum absolute atomic E-state index is 12.7. The van der Waals surface area contributed by atoms with E-state index in [2.05, 4.69) is 53.5 Å². The fourth-order valence-electron chi connectivity index (χ4n) is 4.16. The summed E-state index contributed by atoms with van der Waals surface area (Å²) in [5.41, 5.74) is 1.60. The van der Waals surface area contributed by atoms with Crippen molar-refractivity contribution < 1.29 is 0 Å². The van der Waals surface area contributed by atoms with Crippen molar-refractivity contribution in [1.29, 1.82) is 0 Å². The number of H-pyrrole nitrogens is 1. The van der Waals surface area contributed by atoms with Crippen LogP contribution in [-0.2, 0) is 11.8 Å². The molecule has 3 rings (SSSR count). The minimum Gasteiger partial charge on any atom is -0.307 e. The fourth-order valence-corrected chi connectivity index (χ4v) is 4.16. The Morgan fingerprint density at radius 1 is 1.08 bits per heavy atom. The second-order valence-corrected chi connectivity index (χ2v) is 10.00. The lowest BCUT2D eigenvalue weighted by Crippen LogP contribution is -2.27. The van der Waals surface area contributed by atoms with E-state index in [4.69, 9.17) is 10.1 Å². The minimum absolute atomic E-state index is 0.0658. The van der Waals surface area contributed by atoms with Gasteiger partial charge in [-0.1, -0.05) is 48.5 Å². The van der Waals surface area contributed by atoms with Crippen LogP contribution in [0.2, 0.25) is 0 Å². The van der Waals surface area contributed by atoms with Crippen LogP contribution in [-0.4, -0.2) is 19.6 Å². The number of rotatable bonds is 2. The predicted octanol–water partition coefficient (Wildman–Crippen LogP) is 4.60. The highest BCUT2D eigenvalue weighted by molar-refractivity contribution is 5.51. The number of aromatic nitrogens is 4. The summed E-state index contributed by atoms with van der Waals surface area (Å²) in [6.45, 7) is 15.3. The highest BCUT2D eigenvalue weighted by Gasteiger charge is 2.33. The van der Waals surface area contributed by atoms with Crippen molar-refractivity contribution in [2.24, 2.45) is 11.3 Å². The summed E-state index contributed by atoms with van der Waals surface area (Å²) in [5, 5.41) is 4.82. The summed E-state index contributed by atoms with van der Waals surface area (Å²) >= 11 is 0. The molecule has 1 N–H and O–H groups in total. The van der Waals surface area contributed by atoms with E-state index in [1.54, 1.807) is 0 Å². The van der Waals surface area contributed by atoms with Gasteiger partial charge in [-0.25, -0.2) is 9.50 Å². The Balaban J connectivity index is 2.04. The lowest BCUT2D eigenvalue weighted by atomic mass is 9.70. The van der Waals surface area contributed by atoms with E-state index in [1.807, 2.05) is 4.52 Å². The third kappa shape index (κ3) is 3.45. The zero-order valence-corrected chi connectivity index (χ0v) is 17.4. The maximum atomic E-state index is 12.7. The zero-order valence-electron chi connectivity index (χ0n) is 17.4. The molecule has 1 fully saturated rings. The molecule has 2 aromatic rings. The van der Waals surface area contributed by atoms with Crippen LogP contribution >= 0.6 is 0 Å². The van der Waals surface area contributed by atoms with Crippen LogP contribution in [0.1, 0.15) is 97.4 Å². The van der Waals surface area contributed by atoms with Gasteiger partial charge in [-0.2, -0.15) is 5.10 Å². The molecule has 2 aromatic heterocycles. The molecule has 1 aliphatic rings. The number of hydrogen-bond acceptors (Lipinski definition) is 3. The maximum Gasteiger partial charge on any atom is 0.277 e. The summed E-state index contributed by atoms with van der Waals surface area (Å²) in [5.74, 6) is 2.86. The average Bonchev–Trinajstić information content (AvgIpc) is 2.92. The molecule has 0 bridgehead atoms. The Bertz CT molecular complexity index is 840. The number of hydrogen-bond donors (Lipinski definition) is 1. The van der Waals surface area contributed by atoms with E-state index in [9.17, 15) is 4.79 Å². The monoisotopic (exact) mass is 358 g/mol. The van der Waals surface area contributed by atoms with Crippen LogP contribution in [0.5, 0.6) is 0 Å². The van der Waals surface area contributed by atoms with Gasteiger partial charge >= 0.3 is 0 Å². The van der Waals surface area contributed by atoms with Gasteiger partial charge in [0.05, 0.1) is 5.69 Å². The first-order chi connectivity index (χ1) is 12.0. The van der Waals surface area contributed by atoms with E-state index < -0.39 is 0 Å². The molecular formula is C21H34N4O. The molecule has 1 saturated carbocycles. The van der Waals surface area contributed by atoms with Gasteiger partial charge in [0, 0.05) is 11.3 Å². The standard InChI is InChI=1S/C21H34N4O/c1-8-15-16-18(26)23-19(21(5,6)7)24-25(16)17(22-15)13-9-11-14(12-10-13)20(2,3)4/h13-14H,8-12H2,1-7H3,(H,23,24,26). The van der Waals surface area contributed by atoms with Crippen LogP contribution in [0, 0.1) is 11.3 Å². The number of fused-ring (bicyclic) bond motifs is 1. The van der Waals surface area contributed by atoms with Gasteiger partial charge in [0.15, 0.2) is 5.52 Å². The summed E-state index contributed by atoms with van der Waals surface area (Å²) in [6.07, 6.45) is 5.45. The lowest BCUT2D eigenvalue weighted by molar-refractivity contribution is 0.166. The van der Waals surface area contributed by atoms with Gasteiger partial charge in [-0.05, 0) is 43.4 Å². The van der Waals surface area contributed by atoms with Crippen LogP contribution in [0.25, 0.3) is 5.52 Å². The third-order valence-corrected chi connectivity index (χ3v) is 5.96. The molecule has 0 aliphatic heterocycles. The van der Waals surface area contributed by atoms with Gasteiger partial charge in [-0.3, -0.25) is 4.79 Å². The molecule has 0 amide bonds. The van der Waals surface area contributed by atoms with Gasteiger partial charge in [0.25, 0.3) is 5.56 Å². The van der Waals surface area contributed by atoms with E-state index in [-0.39, 0.29) is 11.0 Å². The van der Waals surface area contributed by atoms with E-state index in [1.165, 1.54) is 12.8 Å². The number of imidazole rings is 1. The highest BCUT2D eigenvalue weighted by atomic mass is 16.1. The number of nitrogens with one attached hydrogen (secondary N) is 1. The molecule has 0 saturated heterocycles. The summed E-state index contributed by atoms with van der Waals surface area (Å²) in [6, 6.07) is 0. The second-order valence-electron chi connectivity index (χ2n) is 10.00. The normalized spacial score (nSPS) is 22.1. The Kier molecular flexibility index (Phi) is 4.78. The Morgan fingerprint density at radius 2 is 1.69 bits per heavy atom. The molecule has 0 spiro atoms. The molecule has 0 aromatic carbocycles. The third-order valence-electron chi connectivity index (χ3n) is 5.96. The van der Waals surface area contributed by atoms with Crippen molar-refractivity contribution in [2.75, 3.05) is 0 Å². The topological polar surface area (TPSA) is 63.1 Å². The first kappa shape index (κ1) is 19.1. The van der Waals surface area contributed by atoms with Crippen LogP contribution in [0.15, 0.2) is 4.79 Å². The Morgan fingerprint density at radius 3 is 2.19 bits per heavy atom. The van der Waals surface area contributed by atoms with Gasteiger partial charge in [0.1, 0.15) is 11.6 Å². The van der Waals surface area contributed by atoms with Gasteiger partial charge in [-0.15, -0.1) is 0 Å².